The fraction of sp³-hybridized carbons (Fsp3) is 0.727. The predicted octanol–water partition coefficient (Wildman–Crippen LogP) is 0.843. The SMILES string of the molecule is C#CCN(C)C(=O)CCC(C)CCN. The third-order valence-electron chi connectivity index (χ3n) is 2.26. The second-order valence-electron chi connectivity index (χ2n) is 3.68. The van der Waals surface area contributed by atoms with Crippen LogP contribution in [0.1, 0.15) is 26.2 Å². The van der Waals surface area contributed by atoms with Crippen LogP contribution in [0.4, 0.5) is 0 Å². The van der Waals surface area contributed by atoms with Gasteiger partial charge in [-0.05, 0) is 25.3 Å². The minimum atomic E-state index is 0.117. The monoisotopic (exact) mass is 196 g/mol. The second kappa shape index (κ2) is 7.40. The highest BCUT2D eigenvalue weighted by molar-refractivity contribution is 5.76. The van der Waals surface area contributed by atoms with Crippen LogP contribution in [0.15, 0.2) is 0 Å². The molecule has 14 heavy (non-hydrogen) atoms. The summed E-state index contributed by atoms with van der Waals surface area (Å²) in [6.45, 7) is 3.20. The summed E-state index contributed by atoms with van der Waals surface area (Å²) in [6, 6.07) is 0. The Kier molecular flexibility index (Phi) is 6.87. The molecular weight excluding hydrogens is 176 g/mol. The molecule has 1 unspecified atom stereocenters. The van der Waals surface area contributed by atoms with Gasteiger partial charge in [-0.3, -0.25) is 4.79 Å². The molecule has 0 aromatic carbocycles. The van der Waals surface area contributed by atoms with Crippen LogP contribution < -0.4 is 5.73 Å². The van der Waals surface area contributed by atoms with Gasteiger partial charge in [0.2, 0.25) is 5.91 Å². The van der Waals surface area contributed by atoms with Crippen molar-refractivity contribution in [2.75, 3.05) is 20.1 Å². The highest BCUT2D eigenvalue weighted by atomic mass is 16.2. The van der Waals surface area contributed by atoms with E-state index in [2.05, 4.69) is 12.8 Å². The average Bonchev–Trinajstić information content (AvgIpc) is 2.15. The lowest BCUT2D eigenvalue weighted by atomic mass is 10.0. The van der Waals surface area contributed by atoms with Crippen molar-refractivity contribution >= 4 is 5.91 Å². The van der Waals surface area contributed by atoms with Crippen molar-refractivity contribution in [3.05, 3.63) is 0 Å². The third-order valence-corrected chi connectivity index (χ3v) is 2.26. The number of carbonyl (C=O) groups excluding carboxylic acids is 1. The predicted molar refractivity (Wildman–Crippen MR) is 58.5 cm³/mol. The van der Waals surface area contributed by atoms with Gasteiger partial charge in [0, 0.05) is 13.5 Å². The second-order valence-corrected chi connectivity index (χ2v) is 3.68. The van der Waals surface area contributed by atoms with E-state index < -0.39 is 0 Å². The number of nitrogens with zero attached hydrogens (tertiary/aromatic N) is 1. The van der Waals surface area contributed by atoms with E-state index in [1.807, 2.05) is 0 Å². The number of amides is 1. The van der Waals surface area contributed by atoms with Gasteiger partial charge < -0.3 is 10.6 Å². The molecule has 0 aromatic heterocycles. The highest BCUT2D eigenvalue weighted by Crippen LogP contribution is 2.09. The number of terminal acetylenes is 1. The van der Waals surface area contributed by atoms with Crippen molar-refractivity contribution in [1.82, 2.24) is 4.90 Å². The van der Waals surface area contributed by atoms with E-state index in [4.69, 9.17) is 12.2 Å². The summed E-state index contributed by atoms with van der Waals surface area (Å²) in [6.07, 6.45) is 7.55. The van der Waals surface area contributed by atoms with Gasteiger partial charge in [-0.25, -0.2) is 0 Å². The number of rotatable bonds is 6. The largest absolute Gasteiger partial charge is 0.335 e. The minimum absolute atomic E-state index is 0.117. The first-order valence-corrected chi connectivity index (χ1v) is 4.99. The number of carbonyl (C=O) groups is 1. The topological polar surface area (TPSA) is 46.3 Å². The van der Waals surface area contributed by atoms with Crippen molar-refractivity contribution in [2.24, 2.45) is 11.7 Å². The summed E-state index contributed by atoms with van der Waals surface area (Å²) in [5, 5.41) is 0. The zero-order valence-electron chi connectivity index (χ0n) is 9.12. The molecule has 1 atom stereocenters. The van der Waals surface area contributed by atoms with Crippen LogP contribution in [0, 0.1) is 18.3 Å². The Morgan fingerprint density at radius 2 is 2.21 bits per heavy atom. The summed E-state index contributed by atoms with van der Waals surface area (Å²) >= 11 is 0. The molecule has 0 heterocycles. The van der Waals surface area contributed by atoms with E-state index in [1.54, 1.807) is 11.9 Å². The zero-order valence-corrected chi connectivity index (χ0v) is 9.12. The molecule has 2 N–H and O–H groups in total. The maximum absolute atomic E-state index is 11.4. The molecule has 0 aliphatic heterocycles. The Balaban J connectivity index is 3.68. The zero-order chi connectivity index (χ0) is 11.0. The van der Waals surface area contributed by atoms with Crippen LogP contribution >= 0.6 is 0 Å². The maximum atomic E-state index is 11.4. The molecule has 0 spiro atoms. The summed E-state index contributed by atoms with van der Waals surface area (Å²) < 4.78 is 0. The first-order valence-electron chi connectivity index (χ1n) is 4.99. The molecule has 80 valence electrons. The van der Waals surface area contributed by atoms with Crippen molar-refractivity contribution in [2.45, 2.75) is 26.2 Å². The lowest BCUT2D eigenvalue weighted by Crippen LogP contribution is -2.27. The Morgan fingerprint density at radius 1 is 1.57 bits per heavy atom. The fourth-order valence-corrected chi connectivity index (χ4v) is 1.21. The van der Waals surface area contributed by atoms with Crippen LogP contribution in [0.3, 0.4) is 0 Å². The Bertz CT molecular complexity index is 208. The number of nitrogens with two attached hydrogens (primary N) is 1. The van der Waals surface area contributed by atoms with Crippen LogP contribution in [-0.2, 0) is 4.79 Å². The molecule has 0 saturated carbocycles. The van der Waals surface area contributed by atoms with Crippen LogP contribution in [-0.4, -0.2) is 30.9 Å². The molecule has 0 rings (SSSR count). The normalized spacial score (nSPS) is 11.9. The molecule has 0 radical (unpaired) electrons. The first kappa shape index (κ1) is 13.0. The Morgan fingerprint density at radius 3 is 2.71 bits per heavy atom. The lowest BCUT2D eigenvalue weighted by Gasteiger charge is -2.15. The van der Waals surface area contributed by atoms with Crippen molar-refractivity contribution < 1.29 is 4.79 Å². The molecule has 0 aliphatic carbocycles. The molecule has 3 nitrogen and oxygen atoms in total. The van der Waals surface area contributed by atoms with Crippen molar-refractivity contribution in [3.8, 4) is 12.3 Å². The number of hydrogen-bond donors (Lipinski definition) is 1. The third kappa shape index (κ3) is 5.60. The van der Waals surface area contributed by atoms with E-state index >= 15 is 0 Å². The summed E-state index contributed by atoms with van der Waals surface area (Å²) in [4.78, 5) is 13.0. The summed E-state index contributed by atoms with van der Waals surface area (Å²) in [7, 11) is 1.73. The van der Waals surface area contributed by atoms with E-state index in [0.29, 0.717) is 25.4 Å². The lowest BCUT2D eigenvalue weighted by molar-refractivity contribution is -0.129. The molecule has 0 aliphatic rings. The van der Waals surface area contributed by atoms with Gasteiger partial charge in [0.25, 0.3) is 0 Å². The number of hydrogen-bond acceptors (Lipinski definition) is 2. The van der Waals surface area contributed by atoms with Gasteiger partial charge in [-0.2, -0.15) is 0 Å². The molecule has 1 amide bonds. The van der Waals surface area contributed by atoms with Gasteiger partial charge in [0.15, 0.2) is 0 Å². The standard InChI is InChI=1S/C11H20N2O/c1-4-9-13(3)11(14)6-5-10(2)7-8-12/h1,10H,5-9,12H2,2-3H3. The van der Waals surface area contributed by atoms with Gasteiger partial charge in [0.05, 0.1) is 6.54 Å². The van der Waals surface area contributed by atoms with Crippen LogP contribution in [0.2, 0.25) is 0 Å². The molecule has 0 saturated heterocycles. The van der Waals surface area contributed by atoms with Crippen LogP contribution in [0.25, 0.3) is 0 Å². The molecule has 3 heteroatoms. The molecule has 0 fully saturated rings. The van der Waals surface area contributed by atoms with Gasteiger partial charge >= 0.3 is 0 Å². The molecular formula is C11H20N2O. The van der Waals surface area contributed by atoms with Gasteiger partial charge in [-0.15, -0.1) is 6.42 Å². The Hall–Kier alpha value is -1.01. The summed E-state index contributed by atoms with van der Waals surface area (Å²) in [5.41, 5.74) is 5.42. The highest BCUT2D eigenvalue weighted by Gasteiger charge is 2.09. The average molecular weight is 196 g/mol. The van der Waals surface area contributed by atoms with Crippen molar-refractivity contribution in [3.63, 3.8) is 0 Å². The Labute approximate surface area is 86.6 Å². The maximum Gasteiger partial charge on any atom is 0.223 e. The summed E-state index contributed by atoms with van der Waals surface area (Å²) in [5.74, 6) is 3.08. The molecule has 0 aromatic rings. The van der Waals surface area contributed by atoms with Gasteiger partial charge in [0.1, 0.15) is 0 Å². The van der Waals surface area contributed by atoms with Crippen LogP contribution in [0.5, 0.6) is 0 Å². The smallest absolute Gasteiger partial charge is 0.223 e. The van der Waals surface area contributed by atoms with Gasteiger partial charge in [-0.1, -0.05) is 12.8 Å². The fourth-order valence-electron chi connectivity index (χ4n) is 1.21. The minimum Gasteiger partial charge on any atom is -0.335 e. The molecule has 0 bridgehead atoms. The quantitative estimate of drug-likeness (QED) is 0.640. The first-order chi connectivity index (χ1) is 6.61. The van der Waals surface area contributed by atoms with E-state index in [0.717, 1.165) is 12.8 Å². The van der Waals surface area contributed by atoms with E-state index in [1.165, 1.54) is 0 Å². The van der Waals surface area contributed by atoms with E-state index in [-0.39, 0.29) is 5.91 Å². The van der Waals surface area contributed by atoms with Crippen molar-refractivity contribution in [1.29, 1.82) is 0 Å². The van der Waals surface area contributed by atoms with E-state index in [9.17, 15) is 4.79 Å².